The Bertz CT molecular complexity index is 125. The molecule has 0 radical (unpaired) electrons. The van der Waals surface area contributed by atoms with Gasteiger partial charge in [-0.3, -0.25) is 4.21 Å². The lowest BCUT2D eigenvalue weighted by Gasteiger charge is -2.06. The Morgan fingerprint density at radius 2 is 2.10 bits per heavy atom. The van der Waals surface area contributed by atoms with Crippen molar-refractivity contribution in [2.24, 2.45) is 0 Å². The van der Waals surface area contributed by atoms with Crippen LogP contribution in [0.5, 0.6) is 0 Å². The van der Waals surface area contributed by atoms with E-state index in [-0.39, 0.29) is 5.75 Å². The van der Waals surface area contributed by atoms with Crippen molar-refractivity contribution in [3.8, 4) is 0 Å². The Morgan fingerprint density at radius 1 is 1.50 bits per heavy atom. The van der Waals surface area contributed by atoms with Gasteiger partial charge in [0.15, 0.2) is 0 Å². The van der Waals surface area contributed by atoms with Crippen LogP contribution in [0.4, 0.5) is 0 Å². The lowest BCUT2D eigenvalue weighted by molar-refractivity contribution is -0.105. The normalized spacial score (nSPS) is 13.5. The van der Waals surface area contributed by atoms with Crippen LogP contribution in [0.3, 0.4) is 0 Å². The third-order valence-corrected chi connectivity index (χ3v) is 2.17. The Hall–Kier alpha value is -0.220. The molecule has 0 spiro atoms. The van der Waals surface area contributed by atoms with Gasteiger partial charge in [-0.2, -0.15) is 0 Å². The Kier molecular flexibility index (Phi) is 5.43. The van der Waals surface area contributed by atoms with E-state index in [1.165, 1.54) is 0 Å². The minimum Gasteiger partial charge on any atom is -0.308 e. The van der Waals surface area contributed by atoms with Crippen LogP contribution in [-0.4, -0.2) is 47.5 Å². The van der Waals surface area contributed by atoms with Crippen molar-refractivity contribution < 1.29 is 9.00 Å². The van der Waals surface area contributed by atoms with E-state index in [4.69, 9.17) is 0 Å². The summed E-state index contributed by atoms with van der Waals surface area (Å²) in [6.07, 6.45) is 0.700. The topological polar surface area (TPSA) is 37.4 Å². The molecule has 10 heavy (non-hydrogen) atoms. The number of nitrogens with zero attached hydrogens (tertiary/aromatic N) is 1. The molecule has 1 atom stereocenters. The van der Waals surface area contributed by atoms with E-state index >= 15 is 0 Å². The molecule has 4 heteroatoms. The Morgan fingerprint density at radius 3 is 2.50 bits per heavy atom. The molecule has 3 nitrogen and oxygen atoms in total. The minimum atomic E-state index is -0.950. The predicted octanol–water partition coefficient (Wildman–Crippen LogP) is -0.504. The number of carbonyl (C=O) groups excluding carboxylic acids is 1. The molecule has 0 N–H and O–H groups in total. The van der Waals surface area contributed by atoms with Crippen molar-refractivity contribution >= 4 is 17.1 Å². The first-order valence-corrected chi connectivity index (χ1v) is 4.59. The first-order valence-electron chi connectivity index (χ1n) is 3.10. The van der Waals surface area contributed by atoms with Crippen LogP contribution in [0.1, 0.15) is 0 Å². The van der Waals surface area contributed by atoms with E-state index in [0.717, 1.165) is 6.54 Å². The van der Waals surface area contributed by atoms with Crippen LogP contribution in [0.2, 0.25) is 0 Å². The van der Waals surface area contributed by atoms with Crippen molar-refractivity contribution in [2.45, 2.75) is 0 Å². The Labute approximate surface area is 63.9 Å². The van der Waals surface area contributed by atoms with E-state index in [0.29, 0.717) is 12.0 Å². The van der Waals surface area contributed by atoms with Gasteiger partial charge in [0.2, 0.25) is 0 Å². The average Bonchev–Trinajstić information content (AvgIpc) is 1.85. The lowest BCUT2D eigenvalue weighted by atomic mass is 10.7. The fourth-order valence-electron chi connectivity index (χ4n) is 0.444. The summed E-state index contributed by atoms with van der Waals surface area (Å²) in [5, 5.41) is 0. The molecule has 0 bridgehead atoms. The largest absolute Gasteiger partial charge is 0.308 e. The molecule has 0 rings (SSSR count). The summed E-state index contributed by atoms with van der Waals surface area (Å²) in [7, 11) is 2.88. The molecule has 0 aromatic carbocycles. The van der Waals surface area contributed by atoms with Gasteiger partial charge in [-0.15, -0.1) is 0 Å². The fraction of sp³-hybridized carbons (Fsp3) is 0.833. The lowest BCUT2D eigenvalue weighted by Crippen LogP contribution is -2.20. The predicted molar refractivity (Wildman–Crippen MR) is 42.5 cm³/mol. The highest BCUT2D eigenvalue weighted by molar-refractivity contribution is 7.85. The van der Waals surface area contributed by atoms with Crippen LogP contribution in [0.25, 0.3) is 0 Å². The van der Waals surface area contributed by atoms with Gasteiger partial charge >= 0.3 is 0 Å². The second kappa shape index (κ2) is 5.56. The van der Waals surface area contributed by atoms with Gasteiger partial charge in [-0.25, -0.2) is 0 Å². The zero-order chi connectivity index (χ0) is 7.98. The number of hydrogen-bond donors (Lipinski definition) is 0. The molecule has 0 aliphatic heterocycles. The van der Waals surface area contributed by atoms with Crippen molar-refractivity contribution in [3.63, 3.8) is 0 Å². The van der Waals surface area contributed by atoms with Crippen LogP contribution >= 0.6 is 0 Å². The maximum atomic E-state index is 10.8. The summed E-state index contributed by atoms with van der Waals surface area (Å²) in [5.41, 5.74) is 0. The maximum Gasteiger partial charge on any atom is 0.132 e. The molecule has 0 amide bonds. The Balaban J connectivity index is 3.30. The molecule has 0 aromatic rings. The van der Waals surface area contributed by atoms with Crippen molar-refractivity contribution in [1.29, 1.82) is 0 Å². The van der Waals surface area contributed by atoms with Crippen LogP contribution in [-0.2, 0) is 15.6 Å². The maximum absolute atomic E-state index is 10.8. The van der Waals surface area contributed by atoms with Crippen molar-refractivity contribution in [1.82, 2.24) is 4.90 Å². The van der Waals surface area contributed by atoms with Gasteiger partial charge in [0, 0.05) is 23.1 Å². The monoisotopic (exact) mass is 163 g/mol. The average molecular weight is 163 g/mol. The molecular weight excluding hydrogens is 150 g/mol. The summed E-state index contributed by atoms with van der Waals surface area (Å²) in [5.74, 6) is 0.763. The molecule has 0 saturated carbocycles. The number of aldehydes is 1. The van der Waals surface area contributed by atoms with Gasteiger partial charge < -0.3 is 9.69 Å². The van der Waals surface area contributed by atoms with Crippen molar-refractivity contribution in [2.75, 3.05) is 32.1 Å². The molecule has 0 saturated heterocycles. The molecule has 60 valence electrons. The van der Waals surface area contributed by atoms with E-state index in [1.807, 2.05) is 19.0 Å². The van der Waals surface area contributed by atoms with E-state index in [2.05, 4.69) is 0 Å². The van der Waals surface area contributed by atoms with Gasteiger partial charge in [-0.1, -0.05) is 0 Å². The van der Waals surface area contributed by atoms with E-state index in [9.17, 15) is 9.00 Å². The van der Waals surface area contributed by atoms with Gasteiger partial charge in [-0.05, 0) is 14.1 Å². The highest BCUT2D eigenvalue weighted by Crippen LogP contribution is 1.81. The SMILES string of the molecule is CN(C)CCS(=O)CC=O. The van der Waals surface area contributed by atoms with E-state index in [1.54, 1.807) is 0 Å². The molecule has 0 aromatic heterocycles. The molecule has 1 unspecified atom stereocenters. The van der Waals surface area contributed by atoms with Crippen LogP contribution < -0.4 is 0 Å². The smallest absolute Gasteiger partial charge is 0.132 e. The standard InChI is InChI=1S/C6H13NO2S/c1-7(2)3-5-10(9)6-4-8/h4H,3,5-6H2,1-2H3. The quantitative estimate of drug-likeness (QED) is 0.513. The highest BCUT2D eigenvalue weighted by Gasteiger charge is 1.97. The summed E-state index contributed by atoms with van der Waals surface area (Å²) >= 11 is 0. The first-order chi connectivity index (χ1) is 4.66. The van der Waals surface area contributed by atoms with Crippen LogP contribution in [0, 0.1) is 0 Å². The second-order valence-corrected chi connectivity index (χ2v) is 3.90. The number of hydrogen-bond acceptors (Lipinski definition) is 3. The fourth-order valence-corrected chi connectivity index (χ4v) is 1.33. The molecule has 0 heterocycles. The first kappa shape index (κ1) is 9.78. The molecule has 0 fully saturated rings. The summed E-state index contributed by atoms with van der Waals surface area (Å²) in [6.45, 7) is 0.778. The zero-order valence-electron chi connectivity index (χ0n) is 6.37. The van der Waals surface area contributed by atoms with Gasteiger partial charge in [0.05, 0.1) is 5.75 Å². The van der Waals surface area contributed by atoms with Crippen LogP contribution in [0.15, 0.2) is 0 Å². The third-order valence-electron chi connectivity index (χ3n) is 1.02. The molecular formula is C6H13NO2S. The number of carbonyl (C=O) groups is 1. The van der Waals surface area contributed by atoms with Crippen molar-refractivity contribution in [3.05, 3.63) is 0 Å². The summed E-state index contributed by atoms with van der Waals surface area (Å²) in [4.78, 5) is 11.8. The minimum absolute atomic E-state index is 0.174. The van der Waals surface area contributed by atoms with Gasteiger partial charge in [0.1, 0.15) is 6.29 Å². The van der Waals surface area contributed by atoms with E-state index < -0.39 is 10.8 Å². The molecule has 0 aliphatic carbocycles. The second-order valence-electron chi connectivity index (χ2n) is 2.28. The zero-order valence-corrected chi connectivity index (χ0v) is 7.19. The third kappa shape index (κ3) is 5.91. The highest BCUT2D eigenvalue weighted by atomic mass is 32.2. The number of rotatable bonds is 5. The summed E-state index contributed by atoms with van der Waals surface area (Å²) < 4.78 is 10.8. The van der Waals surface area contributed by atoms with Gasteiger partial charge in [0.25, 0.3) is 0 Å². The summed E-state index contributed by atoms with van der Waals surface area (Å²) in [6, 6.07) is 0. The molecule has 0 aliphatic rings.